The third-order valence-electron chi connectivity index (χ3n) is 3.07. The van der Waals surface area contributed by atoms with Crippen molar-refractivity contribution in [2.75, 3.05) is 6.54 Å². The van der Waals surface area contributed by atoms with Gasteiger partial charge in [-0.25, -0.2) is 0 Å². The highest BCUT2D eigenvalue weighted by atomic mass is 16.1. The zero-order chi connectivity index (χ0) is 15.0. The number of carbonyl (C=O) groups is 1. The van der Waals surface area contributed by atoms with E-state index in [0.29, 0.717) is 12.5 Å². The lowest BCUT2D eigenvalue weighted by atomic mass is 10.1. The van der Waals surface area contributed by atoms with Gasteiger partial charge in [0.25, 0.3) is 0 Å². The van der Waals surface area contributed by atoms with Crippen molar-refractivity contribution >= 4 is 5.91 Å². The van der Waals surface area contributed by atoms with Crippen LogP contribution in [0.5, 0.6) is 0 Å². The number of hydrogen-bond acceptors (Lipinski definition) is 2. The average Bonchev–Trinajstić information content (AvgIpc) is 2.35. The Morgan fingerprint density at radius 3 is 2.45 bits per heavy atom. The Labute approximate surface area is 123 Å². The Morgan fingerprint density at radius 1 is 1.20 bits per heavy atom. The Kier molecular flexibility index (Phi) is 6.73. The summed E-state index contributed by atoms with van der Waals surface area (Å²) in [6.07, 6.45) is 2.70. The van der Waals surface area contributed by atoms with E-state index >= 15 is 0 Å². The molecule has 1 atom stereocenters. The number of aryl methyl sites for hydroxylation is 1. The third kappa shape index (κ3) is 7.95. The maximum absolute atomic E-state index is 11.7. The van der Waals surface area contributed by atoms with Crippen LogP contribution in [0.25, 0.3) is 0 Å². The van der Waals surface area contributed by atoms with Crippen molar-refractivity contribution in [2.24, 2.45) is 0 Å². The molecule has 0 saturated heterocycles. The number of benzene rings is 1. The molecule has 0 saturated carbocycles. The second-order valence-corrected chi connectivity index (χ2v) is 6.43. The van der Waals surface area contributed by atoms with Crippen molar-refractivity contribution < 1.29 is 4.79 Å². The summed E-state index contributed by atoms with van der Waals surface area (Å²) in [5.41, 5.74) is 1.22. The smallest absolute Gasteiger partial charge is 0.221 e. The van der Waals surface area contributed by atoms with Crippen LogP contribution in [0.1, 0.15) is 46.1 Å². The number of amides is 1. The standard InChI is InChI=1S/C17H28N2O/c1-14(10-11-15-8-6-5-7-9-15)18-13-12-16(20)19-17(2,3)4/h5-9,14,18H,10-13H2,1-4H3,(H,19,20). The lowest BCUT2D eigenvalue weighted by Gasteiger charge is -2.21. The van der Waals surface area contributed by atoms with E-state index in [0.717, 1.165) is 19.4 Å². The molecule has 1 aromatic carbocycles. The second kappa shape index (κ2) is 8.05. The van der Waals surface area contributed by atoms with Gasteiger partial charge >= 0.3 is 0 Å². The van der Waals surface area contributed by atoms with E-state index in [1.54, 1.807) is 0 Å². The van der Waals surface area contributed by atoms with Gasteiger partial charge in [0.2, 0.25) is 5.91 Å². The van der Waals surface area contributed by atoms with Gasteiger partial charge < -0.3 is 10.6 Å². The molecule has 0 bridgehead atoms. The fourth-order valence-electron chi connectivity index (χ4n) is 2.04. The normalized spacial score (nSPS) is 13.0. The zero-order valence-electron chi connectivity index (χ0n) is 13.2. The highest BCUT2D eigenvalue weighted by Gasteiger charge is 2.13. The third-order valence-corrected chi connectivity index (χ3v) is 3.07. The Bertz CT molecular complexity index is 395. The minimum absolute atomic E-state index is 0.111. The summed E-state index contributed by atoms with van der Waals surface area (Å²) in [7, 11) is 0. The molecule has 3 nitrogen and oxygen atoms in total. The predicted octanol–water partition coefficient (Wildman–Crippen LogP) is 2.90. The highest BCUT2D eigenvalue weighted by molar-refractivity contribution is 5.76. The summed E-state index contributed by atoms with van der Waals surface area (Å²) in [5, 5.41) is 6.38. The van der Waals surface area contributed by atoms with Crippen LogP contribution in [0, 0.1) is 0 Å². The second-order valence-electron chi connectivity index (χ2n) is 6.43. The minimum atomic E-state index is -0.143. The van der Waals surface area contributed by atoms with E-state index < -0.39 is 0 Å². The van der Waals surface area contributed by atoms with Crippen molar-refractivity contribution in [1.82, 2.24) is 10.6 Å². The Balaban J connectivity index is 2.14. The number of hydrogen-bond donors (Lipinski definition) is 2. The topological polar surface area (TPSA) is 41.1 Å². The van der Waals surface area contributed by atoms with Gasteiger partial charge in [0, 0.05) is 24.5 Å². The Morgan fingerprint density at radius 2 is 1.85 bits per heavy atom. The molecule has 2 N–H and O–H groups in total. The Hall–Kier alpha value is -1.35. The molecule has 0 heterocycles. The van der Waals surface area contributed by atoms with Gasteiger partial charge in [-0.3, -0.25) is 4.79 Å². The van der Waals surface area contributed by atoms with Gasteiger partial charge in [-0.05, 0) is 46.1 Å². The van der Waals surface area contributed by atoms with Gasteiger partial charge in [0.1, 0.15) is 0 Å². The molecule has 20 heavy (non-hydrogen) atoms. The van der Waals surface area contributed by atoms with Gasteiger partial charge in [-0.2, -0.15) is 0 Å². The summed E-state index contributed by atoms with van der Waals surface area (Å²) in [6, 6.07) is 10.9. The summed E-state index contributed by atoms with van der Waals surface area (Å²) in [5.74, 6) is 0.111. The van der Waals surface area contributed by atoms with Crippen LogP contribution in [-0.2, 0) is 11.2 Å². The molecular weight excluding hydrogens is 248 g/mol. The summed E-state index contributed by atoms with van der Waals surface area (Å²) < 4.78 is 0. The molecule has 1 rings (SSSR count). The number of rotatable bonds is 7. The molecule has 0 aliphatic heterocycles. The zero-order valence-corrected chi connectivity index (χ0v) is 13.2. The van der Waals surface area contributed by atoms with E-state index in [4.69, 9.17) is 0 Å². The predicted molar refractivity (Wildman–Crippen MR) is 84.7 cm³/mol. The summed E-state index contributed by atoms with van der Waals surface area (Å²) in [6.45, 7) is 8.91. The van der Waals surface area contributed by atoms with E-state index in [-0.39, 0.29) is 11.4 Å². The molecule has 1 unspecified atom stereocenters. The van der Waals surface area contributed by atoms with Crippen molar-refractivity contribution in [3.63, 3.8) is 0 Å². The molecule has 0 aromatic heterocycles. The van der Waals surface area contributed by atoms with Gasteiger partial charge in [0.05, 0.1) is 0 Å². The van der Waals surface area contributed by atoms with Gasteiger partial charge in [-0.1, -0.05) is 30.3 Å². The lowest BCUT2D eigenvalue weighted by molar-refractivity contribution is -0.122. The quantitative estimate of drug-likeness (QED) is 0.804. The maximum atomic E-state index is 11.7. The highest BCUT2D eigenvalue weighted by Crippen LogP contribution is 2.05. The molecule has 0 aliphatic carbocycles. The monoisotopic (exact) mass is 276 g/mol. The van der Waals surface area contributed by atoms with Crippen LogP contribution in [0.15, 0.2) is 30.3 Å². The van der Waals surface area contributed by atoms with Crippen molar-refractivity contribution in [3.05, 3.63) is 35.9 Å². The largest absolute Gasteiger partial charge is 0.351 e. The van der Waals surface area contributed by atoms with E-state index in [1.807, 2.05) is 26.8 Å². The first kappa shape index (κ1) is 16.7. The average molecular weight is 276 g/mol. The molecular formula is C17H28N2O. The fourth-order valence-corrected chi connectivity index (χ4v) is 2.04. The van der Waals surface area contributed by atoms with E-state index in [9.17, 15) is 4.79 Å². The number of nitrogens with one attached hydrogen (secondary N) is 2. The first-order chi connectivity index (χ1) is 9.37. The SMILES string of the molecule is CC(CCc1ccccc1)NCCC(=O)NC(C)(C)C. The van der Waals surface area contributed by atoms with E-state index in [2.05, 4.69) is 41.8 Å². The molecule has 1 amide bonds. The van der Waals surface area contributed by atoms with Crippen LogP contribution in [0.3, 0.4) is 0 Å². The number of carbonyl (C=O) groups excluding carboxylic acids is 1. The minimum Gasteiger partial charge on any atom is -0.351 e. The summed E-state index contributed by atoms with van der Waals surface area (Å²) >= 11 is 0. The summed E-state index contributed by atoms with van der Waals surface area (Å²) in [4.78, 5) is 11.7. The maximum Gasteiger partial charge on any atom is 0.221 e. The van der Waals surface area contributed by atoms with Crippen LogP contribution >= 0.6 is 0 Å². The van der Waals surface area contributed by atoms with Crippen LogP contribution in [0.4, 0.5) is 0 Å². The molecule has 0 fully saturated rings. The van der Waals surface area contributed by atoms with E-state index in [1.165, 1.54) is 5.56 Å². The van der Waals surface area contributed by atoms with Gasteiger partial charge in [-0.15, -0.1) is 0 Å². The molecule has 1 aromatic rings. The molecule has 112 valence electrons. The van der Waals surface area contributed by atoms with Crippen molar-refractivity contribution in [3.8, 4) is 0 Å². The van der Waals surface area contributed by atoms with Crippen LogP contribution in [0.2, 0.25) is 0 Å². The van der Waals surface area contributed by atoms with Crippen LogP contribution in [-0.4, -0.2) is 24.0 Å². The van der Waals surface area contributed by atoms with Crippen molar-refractivity contribution in [2.45, 2.75) is 58.5 Å². The van der Waals surface area contributed by atoms with Crippen molar-refractivity contribution in [1.29, 1.82) is 0 Å². The molecule has 0 aliphatic rings. The fraction of sp³-hybridized carbons (Fsp3) is 0.588. The first-order valence-electron chi connectivity index (χ1n) is 7.45. The van der Waals surface area contributed by atoms with Crippen LogP contribution < -0.4 is 10.6 Å². The van der Waals surface area contributed by atoms with Gasteiger partial charge in [0.15, 0.2) is 0 Å². The molecule has 0 spiro atoms. The molecule has 3 heteroatoms. The lowest BCUT2D eigenvalue weighted by Crippen LogP contribution is -2.42. The first-order valence-corrected chi connectivity index (χ1v) is 7.45. The molecule has 0 radical (unpaired) electrons.